The predicted octanol–water partition coefficient (Wildman–Crippen LogP) is 2.22. The van der Waals surface area contributed by atoms with Gasteiger partial charge in [0, 0.05) is 6.54 Å². The van der Waals surface area contributed by atoms with E-state index in [1.165, 1.54) is 30.3 Å². The molecule has 0 saturated carbocycles. The van der Waals surface area contributed by atoms with Crippen LogP contribution in [0.3, 0.4) is 0 Å². The smallest absolute Gasteiger partial charge is 0.294 e. The molecule has 1 heterocycles. The number of hydrogen-bond donors (Lipinski definition) is 2. The van der Waals surface area contributed by atoms with E-state index in [4.69, 9.17) is 8.97 Å². The first-order valence-corrected chi connectivity index (χ1v) is 7.69. The second-order valence-corrected chi connectivity index (χ2v) is 6.11. The summed E-state index contributed by atoms with van der Waals surface area (Å²) in [6.07, 6.45) is 0. The molecule has 0 aliphatic rings. The summed E-state index contributed by atoms with van der Waals surface area (Å²) < 4.78 is 36.1. The molecular weight excluding hydrogens is 350 g/mol. The Kier molecular flexibility index (Phi) is 4.26. The van der Waals surface area contributed by atoms with Crippen molar-refractivity contribution < 1.29 is 22.2 Å². The zero-order valence-corrected chi connectivity index (χ0v) is 12.4. The molecule has 2 aromatic rings. The van der Waals surface area contributed by atoms with Crippen molar-refractivity contribution in [2.24, 2.45) is 0 Å². The minimum Gasteiger partial charge on any atom is -0.444 e. The highest BCUT2D eigenvalue weighted by atomic mass is 79.9. The lowest BCUT2D eigenvalue weighted by Gasteiger charge is -2.04. The van der Waals surface area contributed by atoms with Gasteiger partial charge in [0.05, 0.1) is 4.90 Å². The van der Waals surface area contributed by atoms with E-state index in [-0.39, 0.29) is 23.1 Å². The van der Waals surface area contributed by atoms with Crippen LogP contribution in [0.25, 0.3) is 0 Å². The van der Waals surface area contributed by atoms with Crippen molar-refractivity contribution in [3.8, 4) is 0 Å². The Labute approximate surface area is 123 Å². The first-order chi connectivity index (χ1) is 9.36. The summed E-state index contributed by atoms with van der Waals surface area (Å²) in [5.74, 6) is -0.207. The van der Waals surface area contributed by atoms with E-state index in [1.807, 2.05) is 0 Å². The summed E-state index contributed by atoms with van der Waals surface area (Å²) in [5, 5.41) is 2.62. The van der Waals surface area contributed by atoms with Gasteiger partial charge in [0.15, 0.2) is 10.4 Å². The van der Waals surface area contributed by atoms with E-state index in [0.717, 1.165) is 0 Å². The van der Waals surface area contributed by atoms with Crippen molar-refractivity contribution in [1.82, 2.24) is 5.32 Å². The number of halogens is 1. The van der Waals surface area contributed by atoms with Crippen LogP contribution in [0.4, 0.5) is 0 Å². The third-order valence-electron chi connectivity index (χ3n) is 2.47. The van der Waals surface area contributed by atoms with Crippen LogP contribution in [0.15, 0.2) is 50.4 Å². The molecule has 0 bridgehead atoms. The Balaban J connectivity index is 1.99. The molecule has 20 heavy (non-hydrogen) atoms. The SMILES string of the molecule is O=C(NCc1ccc(S(=O)(=O)O)cc1)c1ccc(Br)o1. The third-order valence-corrected chi connectivity index (χ3v) is 3.77. The maximum absolute atomic E-state index is 11.7. The fourth-order valence-corrected chi connectivity index (χ4v) is 2.27. The third kappa shape index (κ3) is 3.69. The molecule has 2 N–H and O–H groups in total. The Morgan fingerprint density at radius 2 is 1.85 bits per heavy atom. The van der Waals surface area contributed by atoms with Crippen LogP contribution in [0.1, 0.15) is 16.1 Å². The zero-order chi connectivity index (χ0) is 14.8. The summed E-state index contributed by atoms with van der Waals surface area (Å²) in [6, 6.07) is 8.67. The normalized spacial score (nSPS) is 11.3. The Morgan fingerprint density at radius 1 is 1.20 bits per heavy atom. The van der Waals surface area contributed by atoms with Gasteiger partial charge in [-0.1, -0.05) is 12.1 Å². The molecule has 0 saturated heterocycles. The molecule has 106 valence electrons. The van der Waals surface area contributed by atoms with Gasteiger partial charge in [-0.05, 0) is 45.8 Å². The Bertz CT molecular complexity index is 721. The highest BCUT2D eigenvalue weighted by Crippen LogP contribution is 2.14. The molecule has 6 nitrogen and oxygen atoms in total. The van der Waals surface area contributed by atoms with Gasteiger partial charge in [-0.15, -0.1) is 0 Å². The van der Waals surface area contributed by atoms with Gasteiger partial charge in [-0.2, -0.15) is 8.42 Å². The van der Waals surface area contributed by atoms with Crippen molar-refractivity contribution in [2.75, 3.05) is 0 Å². The fourth-order valence-electron chi connectivity index (χ4n) is 1.49. The number of carbonyl (C=O) groups is 1. The lowest BCUT2D eigenvalue weighted by Crippen LogP contribution is -2.22. The van der Waals surface area contributed by atoms with Crippen molar-refractivity contribution >= 4 is 32.0 Å². The van der Waals surface area contributed by atoms with Crippen LogP contribution < -0.4 is 5.32 Å². The number of rotatable bonds is 4. The minimum absolute atomic E-state index is 0.173. The Hall–Kier alpha value is -1.64. The summed E-state index contributed by atoms with van der Waals surface area (Å²) in [4.78, 5) is 11.5. The number of furan rings is 1. The van der Waals surface area contributed by atoms with E-state index in [2.05, 4.69) is 21.2 Å². The molecule has 0 radical (unpaired) electrons. The molecule has 0 atom stereocenters. The molecule has 2 rings (SSSR count). The van der Waals surface area contributed by atoms with Crippen LogP contribution in [-0.2, 0) is 16.7 Å². The number of hydrogen-bond acceptors (Lipinski definition) is 4. The lowest BCUT2D eigenvalue weighted by molar-refractivity contribution is 0.0922. The fraction of sp³-hybridized carbons (Fsp3) is 0.0833. The molecule has 0 aliphatic carbocycles. The van der Waals surface area contributed by atoms with Crippen LogP contribution in [0.2, 0.25) is 0 Å². The maximum Gasteiger partial charge on any atom is 0.294 e. The van der Waals surface area contributed by atoms with Crippen molar-refractivity contribution in [2.45, 2.75) is 11.4 Å². The van der Waals surface area contributed by atoms with E-state index in [9.17, 15) is 13.2 Å². The highest BCUT2D eigenvalue weighted by Gasteiger charge is 2.11. The van der Waals surface area contributed by atoms with Gasteiger partial charge in [0.2, 0.25) is 0 Å². The average molecular weight is 360 g/mol. The largest absolute Gasteiger partial charge is 0.444 e. The standard InChI is InChI=1S/C12H10BrNO5S/c13-11-6-5-10(19-11)12(15)14-7-8-1-3-9(4-2-8)20(16,17)18/h1-6H,7H2,(H,14,15)(H,16,17,18). The van der Waals surface area contributed by atoms with Crippen LogP contribution >= 0.6 is 15.9 Å². The maximum atomic E-state index is 11.7. The van der Waals surface area contributed by atoms with Gasteiger partial charge in [-0.3, -0.25) is 9.35 Å². The van der Waals surface area contributed by atoms with Crippen molar-refractivity contribution in [1.29, 1.82) is 0 Å². The van der Waals surface area contributed by atoms with Gasteiger partial charge < -0.3 is 9.73 Å². The molecule has 0 unspecified atom stereocenters. The predicted molar refractivity (Wildman–Crippen MR) is 73.8 cm³/mol. The van der Waals surface area contributed by atoms with Crippen LogP contribution in [0, 0.1) is 0 Å². The first-order valence-electron chi connectivity index (χ1n) is 5.46. The zero-order valence-electron chi connectivity index (χ0n) is 10.0. The lowest BCUT2D eigenvalue weighted by atomic mass is 10.2. The van der Waals surface area contributed by atoms with Gasteiger partial charge in [-0.25, -0.2) is 0 Å². The second kappa shape index (κ2) is 5.78. The van der Waals surface area contributed by atoms with Gasteiger partial charge in [0.1, 0.15) is 0 Å². The summed E-state index contributed by atoms with van der Waals surface area (Å²) in [5.41, 5.74) is 0.691. The summed E-state index contributed by atoms with van der Waals surface area (Å²) in [7, 11) is -4.20. The number of carbonyl (C=O) groups excluding carboxylic acids is 1. The highest BCUT2D eigenvalue weighted by molar-refractivity contribution is 9.10. The quantitative estimate of drug-likeness (QED) is 0.815. The number of benzene rings is 1. The average Bonchev–Trinajstić information content (AvgIpc) is 2.82. The van der Waals surface area contributed by atoms with Crippen LogP contribution in [0.5, 0.6) is 0 Å². The van der Waals surface area contributed by atoms with E-state index in [0.29, 0.717) is 10.2 Å². The molecule has 0 spiro atoms. The van der Waals surface area contributed by atoms with E-state index >= 15 is 0 Å². The van der Waals surface area contributed by atoms with Crippen molar-refractivity contribution in [3.63, 3.8) is 0 Å². The summed E-state index contributed by atoms with van der Waals surface area (Å²) >= 11 is 3.10. The first kappa shape index (κ1) is 14.8. The van der Waals surface area contributed by atoms with Gasteiger partial charge in [0.25, 0.3) is 16.0 Å². The van der Waals surface area contributed by atoms with Crippen LogP contribution in [-0.4, -0.2) is 18.9 Å². The topological polar surface area (TPSA) is 96.6 Å². The molecule has 1 aromatic heterocycles. The molecular formula is C12H10BrNO5S. The van der Waals surface area contributed by atoms with Crippen molar-refractivity contribution in [3.05, 3.63) is 52.4 Å². The van der Waals surface area contributed by atoms with E-state index in [1.54, 1.807) is 6.07 Å². The monoisotopic (exact) mass is 359 g/mol. The molecule has 1 aromatic carbocycles. The number of amides is 1. The second-order valence-electron chi connectivity index (χ2n) is 3.91. The molecule has 8 heteroatoms. The number of nitrogens with one attached hydrogen (secondary N) is 1. The van der Waals surface area contributed by atoms with E-state index < -0.39 is 10.1 Å². The molecule has 1 amide bonds. The molecule has 0 aliphatic heterocycles. The Morgan fingerprint density at radius 3 is 2.35 bits per heavy atom. The minimum atomic E-state index is -4.20. The molecule has 0 fully saturated rings. The summed E-state index contributed by atoms with van der Waals surface area (Å²) in [6.45, 7) is 0.211. The van der Waals surface area contributed by atoms with Gasteiger partial charge >= 0.3 is 0 Å².